The van der Waals surface area contributed by atoms with Gasteiger partial charge in [-0.1, -0.05) is 12.1 Å². The average molecular weight is 276 g/mol. The van der Waals surface area contributed by atoms with E-state index in [4.69, 9.17) is 4.55 Å². The second-order valence-electron chi connectivity index (χ2n) is 4.63. The maximum absolute atomic E-state index is 12.7. The summed E-state index contributed by atoms with van der Waals surface area (Å²) in [6.45, 7) is 0. The lowest BCUT2D eigenvalue weighted by atomic mass is 9.68. The summed E-state index contributed by atoms with van der Waals surface area (Å²) in [6, 6.07) is 5.62. The summed E-state index contributed by atoms with van der Waals surface area (Å²) in [5, 5.41) is 19.2. The van der Waals surface area contributed by atoms with Crippen LogP contribution in [0.1, 0.15) is 24.3 Å². The van der Waals surface area contributed by atoms with Gasteiger partial charge in [-0.15, -0.1) is 0 Å². The fourth-order valence-electron chi connectivity index (χ4n) is 2.24. The average Bonchev–Trinajstić information content (AvgIpc) is 2.24. The second-order valence-corrected chi connectivity index (χ2v) is 6.10. The van der Waals surface area contributed by atoms with Gasteiger partial charge in [-0.2, -0.15) is 8.42 Å². The van der Waals surface area contributed by atoms with Gasteiger partial charge in [-0.3, -0.25) is 4.55 Å². The Hall–Kier alpha value is -1.02. The van der Waals surface area contributed by atoms with Crippen LogP contribution in [-0.2, 0) is 10.1 Å². The van der Waals surface area contributed by atoms with Crippen LogP contribution in [-0.4, -0.2) is 34.2 Å². The molecule has 0 amide bonds. The maximum Gasteiger partial charge on any atom is 0.294 e. The minimum atomic E-state index is -4.69. The van der Waals surface area contributed by atoms with Gasteiger partial charge in [0.25, 0.3) is 10.1 Å². The zero-order valence-corrected chi connectivity index (χ0v) is 10.1. The van der Waals surface area contributed by atoms with Crippen molar-refractivity contribution in [3.63, 3.8) is 0 Å². The summed E-state index contributed by atoms with van der Waals surface area (Å²) < 4.78 is 42.9. The lowest BCUT2D eigenvalue weighted by molar-refractivity contribution is -0.106. The SMILES string of the molecule is O=S(=O)(O)C(O)C1(O)CC(c2ccc(F)cc2)C1. The molecule has 0 aromatic heterocycles. The predicted octanol–water partition coefficient (Wildman–Crippen LogP) is 0.640. The summed E-state index contributed by atoms with van der Waals surface area (Å²) in [7, 11) is -4.69. The topological polar surface area (TPSA) is 94.8 Å². The van der Waals surface area contributed by atoms with Crippen molar-refractivity contribution in [2.75, 3.05) is 0 Å². The van der Waals surface area contributed by atoms with Crippen LogP contribution in [0.5, 0.6) is 0 Å². The lowest BCUT2D eigenvalue weighted by Gasteiger charge is -2.45. The fraction of sp³-hybridized carbons (Fsp3) is 0.455. The number of aliphatic hydroxyl groups is 2. The van der Waals surface area contributed by atoms with E-state index < -0.39 is 21.2 Å². The van der Waals surface area contributed by atoms with E-state index >= 15 is 0 Å². The quantitative estimate of drug-likeness (QED) is 0.704. The van der Waals surface area contributed by atoms with E-state index in [1.54, 1.807) is 12.1 Å². The molecule has 1 aliphatic carbocycles. The molecule has 1 saturated carbocycles. The second kappa shape index (κ2) is 4.27. The molecule has 1 aromatic rings. The molecule has 0 radical (unpaired) electrons. The molecule has 1 aromatic carbocycles. The van der Waals surface area contributed by atoms with Gasteiger partial charge in [0.1, 0.15) is 11.4 Å². The fourth-order valence-corrected chi connectivity index (χ4v) is 2.99. The summed E-state index contributed by atoms with van der Waals surface area (Å²) >= 11 is 0. The summed E-state index contributed by atoms with van der Waals surface area (Å²) in [5.74, 6) is -0.543. The number of benzene rings is 1. The van der Waals surface area contributed by atoms with Crippen molar-refractivity contribution < 1.29 is 27.6 Å². The Balaban J connectivity index is 2.08. The van der Waals surface area contributed by atoms with Gasteiger partial charge in [-0.05, 0) is 36.5 Å². The van der Waals surface area contributed by atoms with E-state index in [-0.39, 0.29) is 24.6 Å². The highest BCUT2D eigenvalue weighted by atomic mass is 32.2. The first-order chi connectivity index (χ1) is 8.22. The molecule has 3 N–H and O–H groups in total. The number of halogens is 1. The number of hydrogen-bond donors (Lipinski definition) is 3. The van der Waals surface area contributed by atoms with Crippen LogP contribution >= 0.6 is 0 Å². The Kier molecular flexibility index (Phi) is 3.18. The van der Waals surface area contributed by atoms with Gasteiger partial charge in [0.05, 0.1) is 0 Å². The molecule has 1 aliphatic rings. The molecule has 0 heterocycles. The van der Waals surface area contributed by atoms with Crippen LogP contribution in [0.2, 0.25) is 0 Å². The Morgan fingerprint density at radius 3 is 2.22 bits per heavy atom. The molecule has 5 nitrogen and oxygen atoms in total. The van der Waals surface area contributed by atoms with Crippen molar-refractivity contribution in [2.45, 2.75) is 29.8 Å². The van der Waals surface area contributed by atoms with Crippen LogP contribution in [0.25, 0.3) is 0 Å². The van der Waals surface area contributed by atoms with Crippen LogP contribution in [0.4, 0.5) is 4.39 Å². The molecule has 0 spiro atoms. The molecule has 18 heavy (non-hydrogen) atoms. The summed E-state index contributed by atoms with van der Waals surface area (Å²) in [4.78, 5) is 0. The first-order valence-corrected chi connectivity index (χ1v) is 6.85. The van der Waals surface area contributed by atoms with Crippen molar-refractivity contribution in [1.82, 2.24) is 0 Å². The molecule has 0 saturated heterocycles. The molecule has 2 rings (SSSR count). The molecule has 1 atom stereocenters. The molecule has 0 aliphatic heterocycles. The first kappa shape index (κ1) is 13.4. The van der Waals surface area contributed by atoms with Crippen LogP contribution in [0.3, 0.4) is 0 Å². The maximum atomic E-state index is 12.7. The van der Waals surface area contributed by atoms with Crippen LogP contribution in [0.15, 0.2) is 24.3 Å². The van der Waals surface area contributed by atoms with E-state index in [0.717, 1.165) is 5.56 Å². The van der Waals surface area contributed by atoms with Gasteiger partial charge < -0.3 is 10.2 Å². The normalized spacial score (nSPS) is 29.7. The smallest absolute Gasteiger partial charge is 0.294 e. The highest BCUT2D eigenvalue weighted by Gasteiger charge is 2.53. The van der Waals surface area contributed by atoms with Crippen molar-refractivity contribution in [3.05, 3.63) is 35.6 Å². The first-order valence-electron chi connectivity index (χ1n) is 5.34. The van der Waals surface area contributed by atoms with Crippen molar-refractivity contribution in [2.24, 2.45) is 0 Å². The van der Waals surface area contributed by atoms with E-state index in [9.17, 15) is 23.0 Å². The third-order valence-electron chi connectivity index (χ3n) is 3.28. The van der Waals surface area contributed by atoms with E-state index in [2.05, 4.69) is 0 Å². The van der Waals surface area contributed by atoms with Gasteiger partial charge in [-0.25, -0.2) is 4.39 Å². The highest BCUT2D eigenvalue weighted by Crippen LogP contribution is 2.47. The van der Waals surface area contributed by atoms with E-state index in [0.29, 0.717) is 0 Å². The van der Waals surface area contributed by atoms with E-state index in [1.807, 2.05) is 0 Å². The highest BCUT2D eigenvalue weighted by molar-refractivity contribution is 7.86. The Bertz CT molecular complexity index is 533. The number of hydrogen-bond acceptors (Lipinski definition) is 4. The summed E-state index contributed by atoms with van der Waals surface area (Å²) in [5.41, 5.74) is -3.29. The van der Waals surface area contributed by atoms with Gasteiger partial charge in [0.15, 0.2) is 0 Å². The number of aliphatic hydroxyl groups excluding tert-OH is 1. The molecule has 100 valence electrons. The standard InChI is InChI=1S/C11H13FO5S/c12-9-3-1-7(2-4-9)8-5-11(14,6-8)10(13)18(15,16)17/h1-4,8,10,13-14H,5-6H2,(H,15,16,17). The zero-order valence-electron chi connectivity index (χ0n) is 9.32. The molecule has 7 heteroatoms. The minimum absolute atomic E-state index is 0.000408. The lowest BCUT2D eigenvalue weighted by Crippen LogP contribution is -2.54. The Labute approximate surface area is 104 Å². The van der Waals surface area contributed by atoms with Crippen LogP contribution < -0.4 is 0 Å². The Morgan fingerprint density at radius 1 is 1.28 bits per heavy atom. The minimum Gasteiger partial charge on any atom is -0.386 e. The molecular formula is C11H13FO5S. The van der Waals surface area contributed by atoms with Gasteiger partial charge in [0, 0.05) is 0 Å². The van der Waals surface area contributed by atoms with Crippen molar-refractivity contribution in [1.29, 1.82) is 0 Å². The zero-order chi connectivity index (χ0) is 13.6. The largest absolute Gasteiger partial charge is 0.386 e. The summed E-state index contributed by atoms with van der Waals surface area (Å²) in [6.07, 6.45) is -0.000815. The van der Waals surface area contributed by atoms with E-state index in [1.165, 1.54) is 12.1 Å². The predicted molar refractivity (Wildman–Crippen MR) is 60.9 cm³/mol. The van der Waals surface area contributed by atoms with Crippen molar-refractivity contribution in [3.8, 4) is 0 Å². The number of rotatable bonds is 3. The third-order valence-corrected chi connectivity index (χ3v) is 4.29. The molecule has 1 fully saturated rings. The molecule has 0 bridgehead atoms. The third kappa shape index (κ3) is 2.39. The van der Waals surface area contributed by atoms with Gasteiger partial charge >= 0.3 is 0 Å². The van der Waals surface area contributed by atoms with Crippen LogP contribution in [0, 0.1) is 5.82 Å². The monoisotopic (exact) mass is 276 g/mol. The molecular weight excluding hydrogens is 263 g/mol. The Morgan fingerprint density at radius 2 is 1.78 bits per heavy atom. The van der Waals surface area contributed by atoms with Gasteiger partial charge in [0.2, 0.25) is 5.44 Å². The molecule has 1 unspecified atom stereocenters. The van der Waals surface area contributed by atoms with Crippen molar-refractivity contribution >= 4 is 10.1 Å².